The van der Waals surface area contributed by atoms with Crippen molar-refractivity contribution in [3.05, 3.63) is 109 Å². The third kappa shape index (κ3) is 2.94. The molecule has 0 radical (unpaired) electrons. The molecule has 0 saturated carbocycles. The van der Waals surface area contributed by atoms with Crippen molar-refractivity contribution in [2.45, 2.75) is 0 Å². The average molecular weight is 345 g/mol. The van der Waals surface area contributed by atoms with Crippen LogP contribution in [0.25, 0.3) is 32.7 Å². The molecule has 27 heavy (non-hydrogen) atoms. The number of benzene rings is 5. The Hall–Kier alpha value is -3.58. The fourth-order valence-corrected chi connectivity index (χ4v) is 3.68. The van der Waals surface area contributed by atoms with Gasteiger partial charge in [0.1, 0.15) is 0 Å². The van der Waals surface area contributed by atoms with Gasteiger partial charge < -0.3 is 5.32 Å². The molecule has 0 fully saturated rings. The molecule has 0 bridgehead atoms. The molecule has 0 aliphatic heterocycles. The van der Waals surface area contributed by atoms with E-state index in [2.05, 4.69) is 115 Å². The van der Waals surface area contributed by atoms with Crippen LogP contribution in [0.4, 0.5) is 11.4 Å². The van der Waals surface area contributed by atoms with Crippen LogP contribution in [0.3, 0.4) is 0 Å². The fraction of sp³-hybridized carbons (Fsp3) is 0. The van der Waals surface area contributed by atoms with Gasteiger partial charge in [-0.15, -0.1) is 0 Å². The van der Waals surface area contributed by atoms with E-state index in [1.165, 1.54) is 32.7 Å². The Labute approximate surface area is 158 Å². The van der Waals surface area contributed by atoms with Gasteiger partial charge in [-0.05, 0) is 39.9 Å². The van der Waals surface area contributed by atoms with Gasteiger partial charge in [-0.25, -0.2) is 0 Å². The van der Waals surface area contributed by atoms with E-state index >= 15 is 0 Å². The summed E-state index contributed by atoms with van der Waals surface area (Å²) in [5.74, 6) is 0. The molecule has 1 nitrogen and oxygen atoms in total. The molecular formula is C26H19N. The summed E-state index contributed by atoms with van der Waals surface area (Å²) in [5, 5.41) is 8.66. The molecule has 0 aromatic heterocycles. The molecule has 0 amide bonds. The highest BCUT2D eigenvalue weighted by Crippen LogP contribution is 2.34. The average Bonchev–Trinajstić information content (AvgIpc) is 2.74. The normalized spacial score (nSPS) is 11.0. The summed E-state index contributed by atoms with van der Waals surface area (Å²) in [7, 11) is 0. The van der Waals surface area contributed by atoms with Crippen LogP contribution in [-0.2, 0) is 0 Å². The zero-order valence-corrected chi connectivity index (χ0v) is 14.9. The van der Waals surface area contributed by atoms with Gasteiger partial charge in [0.15, 0.2) is 0 Å². The third-order valence-electron chi connectivity index (χ3n) is 5.05. The van der Waals surface area contributed by atoms with Crippen molar-refractivity contribution in [1.29, 1.82) is 0 Å². The lowest BCUT2D eigenvalue weighted by atomic mass is 9.99. The van der Waals surface area contributed by atoms with Gasteiger partial charge in [-0.1, -0.05) is 91.0 Å². The maximum atomic E-state index is 3.66. The minimum Gasteiger partial charge on any atom is -0.355 e. The Balaban J connectivity index is 1.61. The summed E-state index contributed by atoms with van der Waals surface area (Å²) in [6.07, 6.45) is 0. The maximum Gasteiger partial charge on any atom is 0.0464 e. The molecule has 1 heteroatoms. The highest BCUT2D eigenvalue weighted by atomic mass is 14.9. The van der Waals surface area contributed by atoms with Crippen molar-refractivity contribution < 1.29 is 0 Å². The van der Waals surface area contributed by atoms with Crippen LogP contribution in [0.1, 0.15) is 0 Å². The Morgan fingerprint density at radius 2 is 1.11 bits per heavy atom. The molecule has 0 saturated heterocycles. The van der Waals surface area contributed by atoms with E-state index in [0.29, 0.717) is 0 Å². The first-order chi connectivity index (χ1) is 13.4. The van der Waals surface area contributed by atoms with Crippen molar-refractivity contribution in [3.63, 3.8) is 0 Å². The molecule has 0 atom stereocenters. The largest absolute Gasteiger partial charge is 0.355 e. The van der Waals surface area contributed by atoms with E-state index in [1.807, 2.05) is 0 Å². The number of para-hydroxylation sites is 1. The Morgan fingerprint density at radius 1 is 0.444 bits per heavy atom. The van der Waals surface area contributed by atoms with Crippen molar-refractivity contribution in [3.8, 4) is 11.1 Å². The van der Waals surface area contributed by atoms with Crippen molar-refractivity contribution in [2.24, 2.45) is 0 Å². The van der Waals surface area contributed by atoms with Crippen LogP contribution < -0.4 is 5.32 Å². The van der Waals surface area contributed by atoms with Crippen molar-refractivity contribution >= 4 is 32.9 Å². The van der Waals surface area contributed by atoms with Gasteiger partial charge in [0.25, 0.3) is 0 Å². The van der Waals surface area contributed by atoms with E-state index < -0.39 is 0 Å². The molecule has 0 unspecified atom stereocenters. The molecule has 0 aliphatic carbocycles. The SMILES string of the molecule is c1ccc(-c2ccc3ccccc3c2)c(Nc2cccc3ccccc23)c1. The molecular weight excluding hydrogens is 326 g/mol. The quantitative estimate of drug-likeness (QED) is 0.359. The Bertz CT molecular complexity index is 1250. The number of rotatable bonds is 3. The van der Waals surface area contributed by atoms with Crippen LogP contribution in [0.5, 0.6) is 0 Å². The highest BCUT2D eigenvalue weighted by Gasteiger charge is 2.07. The van der Waals surface area contributed by atoms with E-state index in [0.717, 1.165) is 11.4 Å². The number of hydrogen-bond donors (Lipinski definition) is 1. The zero-order chi connectivity index (χ0) is 18.1. The Morgan fingerprint density at radius 3 is 2.04 bits per heavy atom. The van der Waals surface area contributed by atoms with Crippen LogP contribution in [-0.4, -0.2) is 0 Å². The topological polar surface area (TPSA) is 12.0 Å². The minimum atomic E-state index is 1.11. The monoisotopic (exact) mass is 345 g/mol. The highest BCUT2D eigenvalue weighted by molar-refractivity contribution is 5.97. The lowest BCUT2D eigenvalue weighted by Gasteiger charge is -2.14. The molecule has 0 aliphatic rings. The van der Waals surface area contributed by atoms with Gasteiger partial charge in [0.2, 0.25) is 0 Å². The predicted octanol–water partition coefficient (Wildman–Crippen LogP) is 7.40. The molecule has 0 spiro atoms. The lowest BCUT2D eigenvalue weighted by molar-refractivity contribution is 1.56. The summed E-state index contributed by atoms with van der Waals surface area (Å²) in [4.78, 5) is 0. The van der Waals surface area contributed by atoms with Crippen LogP contribution in [0.15, 0.2) is 109 Å². The van der Waals surface area contributed by atoms with Gasteiger partial charge >= 0.3 is 0 Å². The number of hydrogen-bond acceptors (Lipinski definition) is 1. The summed E-state index contributed by atoms with van der Waals surface area (Å²) < 4.78 is 0. The summed E-state index contributed by atoms with van der Waals surface area (Å²) in [6.45, 7) is 0. The molecule has 128 valence electrons. The number of nitrogens with one attached hydrogen (secondary N) is 1. The van der Waals surface area contributed by atoms with Gasteiger partial charge in [0.05, 0.1) is 0 Å². The van der Waals surface area contributed by atoms with Crippen molar-refractivity contribution in [2.75, 3.05) is 5.32 Å². The smallest absolute Gasteiger partial charge is 0.0464 e. The first kappa shape index (κ1) is 15.7. The number of fused-ring (bicyclic) bond motifs is 2. The van der Waals surface area contributed by atoms with E-state index in [4.69, 9.17) is 0 Å². The molecule has 5 aromatic carbocycles. The van der Waals surface area contributed by atoms with Gasteiger partial charge in [0, 0.05) is 22.3 Å². The predicted molar refractivity (Wildman–Crippen MR) is 117 cm³/mol. The minimum absolute atomic E-state index is 1.11. The fourth-order valence-electron chi connectivity index (χ4n) is 3.68. The van der Waals surface area contributed by atoms with Crippen LogP contribution in [0, 0.1) is 0 Å². The second-order valence-corrected chi connectivity index (χ2v) is 6.76. The maximum absolute atomic E-state index is 3.66. The number of anilines is 2. The second-order valence-electron chi connectivity index (χ2n) is 6.76. The molecule has 1 N–H and O–H groups in total. The molecule has 0 heterocycles. The third-order valence-corrected chi connectivity index (χ3v) is 5.05. The van der Waals surface area contributed by atoms with Gasteiger partial charge in [-0.3, -0.25) is 0 Å². The first-order valence-electron chi connectivity index (χ1n) is 9.21. The van der Waals surface area contributed by atoms with E-state index in [9.17, 15) is 0 Å². The summed E-state index contributed by atoms with van der Waals surface area (Å²) in [5.41, 5.74) is 4.67. The molecule has 5 rings (SSSR count). The van der Waals surface area contributed by atoms with Crippen LogP contribution in [0.2, 0.25) is 0 Å². The van der Waals surface area contributed by atoms with E-state index in [-0.39, 0.29) is 0 Å². The zero-order valence-electron chi connectivity index (χ0n) is 14.9. The van der Waals surface area contributed by atoms with Gasteiger partial charge in [-0.2, -0.15) is 0 Å². The van der Waals surface area contributed by atoms with Crippen LogP contribution >= 0.6 is 0 Å². The first-order valence-corrected chi connectivity index (χ1v) is 9.21. The summed E-state index contributed by atoms with van der Waals surface area (Å²) >= 11 is 0. The van der Waals surface area contributed by atoms with E-state index in [1.54, 1.807) is 0 Å². The molecule has 5 aromatic rings. The standard InChI is InChI=1S/C26H19N/c1-2-10-21-18-22(17-16-19(21)8-1)24-13-5-6-14-25(24)27-26-15-7-11-20-9-3-4-12-23(20)26/h1-18,27H. The second kappa shape index (κ2) is 6.62. The lowest BCUT2D eigenvalue weighted by Crippen LogP contribution is -1.94. The Kier molecular flexibility index (Phi) is 3.84. The summed E-state index contributed by atoms with van der Waals surface area (Å²) in [6, 6.07) is 38.5. The van der Waals surface area contributed by atoms with Crippen molar-refractivity contribution in [1.82, 2.24) is 0 Å².